The lowest BCUT2D eigenvalue weighted by Gasteiger charge is -2.30. The number of aromatic nitrogens is 1. The molecule has 134 valence electrons. The first-order chi connectivity index (χ1) is 11.5. The van der Waals surface area contributed by atoms with Crippen LogP contribution in [-0.4, -0.2) is 21.4 Å². The van der Waals surface area contributed by atoms with E-state index < -0.39 is 5.60 Å². The SMILES string of the molecule is C=C(OCC)c1cc(C(C)(C)O[Si]C(C)(C)C)cc2cc(C)cnc12. The van der Waals surface area contributed by atoms with Crippen molar-refractivity contribution in [2.75, 3.05) is 6.61 Å². The zero-order chi connectivity index (χ0) is 18.8. The molecule has 0 saturated carbocycles. The van der Waals surface area contributed by atoms with Crippen LogP contribution in [0.5, 0.6) is 0 Å². The molecule has 0 aliphatic heterocycles. The predicted octanol–water partition coefficient (Wildman–Crippen LogP) is 5.64. The minimum Gasteiger partial charge on any atom is -0.494 e. The van der Waals surface area contributed by atoms with Crippen LogP contribution in [0.15, 0.2) is 31.0 Å². The van der Waals surface area contributed by atoms with Crippen molar-refractivity contribution in [2.24, 2.45) is 0 Å². The topological polar surface area (TPSA) is 31.4 Å². The number of nitrogens with zero attached hydrogens (tertiary/aromatic N) is 1. The molecule has 0 aliphatic rings. The van der Waals surface area contributed by atoms with Gasteiger partial charge >= 0.3 is 0 Å². The van der Waals surface area contributed by atoms with Gasteiger partial charge in [0.1, 0.15) is 5.76 Å². The van der Waals surface area contributed by atoms with E-state index >= 15 is 0 Å². The highest BCUT2D eigenvalue weighted by atomic mass is 28.2. The van der Waals surface area contributed by atoms with Gasteiger partial charge in [-0.3, -0.25) is 4.98 Å². The molecule has 1 aromatic heterocycles. The Kier molecular flexibility index (Phi) is 5.74. The van der Waals surface area contributed by atoms with Crippen molar-refractivity contribution in [3.05, 3.63) is 47.7 Å². The molecule has 2 rings (SSSR count). The number of aryl methyl sites for hydroxylation is 1. The number of fused-ring (bicyclic) bond motifs is 1. The van der Waals surface area contributed by atoms with Gasteiger partial charge in [-0.25, -0.2) is 0 Å². The summed E-state index contributed by atoms with van der Waals surface area (Å²) in [4.78, 5) is 4.61. The van der Waals surface area contributed by atoms with E-state index in [9.17, 15) is 0 Å². The summed E-state index contributed by atoms with van der Waals surface area (Å²) < 4.78 is 12.0. The second-order valence-corrected chi connectivity index (χ2v) is 9.84. The van der Waals surface area contributed by atoms with Crippen LogP contribution in [0, 0.1) is 6.92 Å². The average molecular weight is 356 g/mol. The molecule has 0 atom stereocenters. The fourth-order valence-corrected chi connectivity index (χ4v) is 3.19. The third kappa shape index (κ3) is 4.92. The zero-order valence-electron chi connectivity index (χ0n) is 16.5. The highest BCUT2D eigenvalue weighted by molar-refractivity contribution is 6.31. The molecule has 0 amide bonds. The Morgan fingerprint density at radius 1 is 1.16 bits per heavy atom. The van der Waals surface area contributed by atoms with Crippen LogP contribution >= 0.6 is 0 Å². The minimum absolute atomic E-state index is 0.143. The lowest BCUT2D eigenvalue weighted by molar-refractivity contribution is 0.109. The number of pyridine rings is 1. The van der Waals surface area contributed by atoms with Crippen LogP contribution in [0.1, 0.15) is 58.2 Å². The van der Waals surface area contributed by atoms with Gasteiger partial charge in [-0.1, -0.05) is 27.4 Å². The quantitative estimate of drug-likeness (QED) is 0.496. The third-order valence-electron chi connectivity index (χ3n) is 3.85. The molecule has 0 N–H and O–H groups in total. The Hall–Kier alpha value is -1.65. The van der Waals surface area contributed by atoms with Gasteiger partial charge in [0.2, 0.25) is 9.76 Å². The summed E-state index contributed by atoms with van der Waals surface area (Å²) in [6, 6.07) is 6.43. The van der Waals surface area contributed by atoms with Gasteiger partial charge in [-0.05, 0) is 62.1 Å². The number of hydrogen-bond acceptors (Lipinski definition) is 3. The third-order valence-corrected chi connectivity index (χ3v) is 5.07. The maximum Gasteiger partial charge on any atom is 0.236 e. The molecule has 0 aliphatic carbocycles. The maximum atomic E-state index is 6.29. The summed E-state index contributed by atoms with van der Waals surface area (Å²) in [5, 5.41) is 1.23. The molecule has 2 aromatic rings. The van der Waals surface area contributed by atoms with Crippen LogP contribution in [0.2, 0.25) is 5.04 Å². The second kappa shape index (κ2) is 7.30. The van der Waals surface area contributed by atoms with Gasteiger partial charge < -0.3 is 9.16 Å². The molecule has 1 heterocycles. The lowest BCUT2D eigenvalue weighted by Crippen LogP contribution is -2.27. The van der Waals surface area contributed by atoms with Crippen LogP contribution in [0.25, 0.3) is 16.7 Å². The van der Waals surface area contributed by atoms with E-state index in [0.717, 1.165) is 27.6 Å². The van der Waals surface area contributed by atoms with E-state index in [0.29, 0.717) is 22.1 Å². The van der Waals surface area contributed by atoms with Crippen LogP contribution in [0.3, 0.4) is 0 Å². The summed E-state index contributed by atoms with van der Waals surface area (Å²) in [5.74, 6) is 0.653. The summed E-state index contributed by atoms with van der Waals surface area (Å²) in [7, 11) is 0.415. The van der Waals surface area contributed by atoms with E-state index in [2.05, 4.69) is 71.3 Å². The molecule has 1 aromatic carbocycles. The van der Waals surface area contributed by atoms with Crippen molar-refractivity contribution in [1.82, 2.24) is 4.98 Å². The second-order valence-electron chi connectivity index (χ2n) is 7.93. The fourth-order valence-electron chi connectivity index (χ4n) is 2.51. The summed E-state index contributed by atoms with van der Waals surface area (Å²) in [5.41, 5.74) is 3.70. The van der Waals surface area contributed by atoms with Gasteiger partial charge in [0, 0.05) is 17.1 Å². The molecular formula is C21H29NO2Si. The molecule has 25 heavy (non-hydrogen) atoms. The monoisotopic (exact) mass is 355 g/mol. The van der Waals surface area contributed by atoms with E-state index in [1.807, 2.05) is 13.1 Å². The van der Waals surface area contributed by atoms with Gasteiger partial charge in [0.05, 0.1) is 17.7 Å². The number of benzene rings is 1. The fraction of sp³-hybridized carbons (Fsp3) is 0.476. The first kappa shape index (κ1) is 19.7. The van der Waals surface area contributed by atoms with Crippen molar-refractivity contribution >= 4 is 26.4 Å². The largest absolute Gasteiger partial charge is 0.494 e. The Morgan fingerprint density at radius 3 is 2.44 bits per heavy atom. The van der Waals surface area contributed by atoms with Gasteiger partial charge in [-0.2, -0.15) is 0 Å². The van der Waals surface area contributed by atoms with Crippen molar-refractivity contribution in [1.29, 1.82) is 0 Å². The Bertz CT molecular complexity index is 775. The Morgan fingerprint density at radius 2 is 1.84 bits per heavy atom. The lowest BCUT2D eigenvalue weighted by atomic mass is 9.93. The van der Waals surface area contributed by atoms with E-state index in [1.165, 1.54) is 0 Å². The highest BCUT2D eigenvalue weighted by Gasteiger charge is 2.27. The van der Waals surface area contributed by atoms with Crippen molar-refractivity contribution in [3.63, 3.8) is 0 Å². The molecule has 0 bridgehead atoms. The van der Waals surface area contributed by atoms with Crippen molar-refractivity contribution in [3.8, 4) is 0 Å². The zero-order valence-corrected chi connectivity index (χ0v) is 17.5. The molecular weight excluding hydrogens is 326 g/mol. The smallest absolute Gasteiger partial charge is 0.236 e. The molecule has 3 nitrogen and oxygen atoms in total. The Labute approximate surface area is 154 Å². The molecule has 4 heteroatoms. The summed E-state index contributed by atoms with van der Waals surface area (Å²) >= 11 is 0. The van der Waals surface area contributed by atoms with E-state index in [4.69, 9.17) is 9.16 Å². The molecule has 0 spiro atoms. The summed E-state index contributed by atoms with van der Waals surface area (Å²) in [6.07, 6.45) is 1.88. The highest BCUT2D eigenvalue weighted by Crippen LogP contribution is 2.34. The predicted molar refractivity (Wildman–Crippen MR) is 107 cm³/mol. The number of hydrogen-bond donors (Lipinski definition) is 0. The average Bonchev–Trinajstić information content (AvgIpc) is 2.51. The van der Waals surface area contributed by atoms with Gasteiger partial charge in [0.15, 0.2) is 0 Å². The molecule has 0 fully saturated rings. The van der Waals surface area contributed by atoms with Crippen molar-refractivity contribution in [2.45, 2.75) is 59.1 Å². The first-order valence-corrected chi connectivity index (χ1v) is 9.62. The molecule has 0 saturated heterocycles. The molecule has 2 radical (unpaired) electrons. The molecule has 0 unspecified atom stereocenters. The number of ether oxygens (including phenoxy) is 1. The standard InChI is InChI=1S/C21H29NO2Si/c1-9-23-15(3)18-12-17(21(7,8)24-25-20(4,5)6)11-16-10-14(2)13-22-19(16)18/h10-13H,3,9H2,1-2,4-8H3. The normalized spacial score (nSPS) is 12.4. The Balaban J connectivity index is 2.54. The maximum absolute atomic E-state index is 6.29. The van der Waals surface area contributed by atoms with Gasteiger partial charge in [-0.15, -0.1) is 0 Å². The van der Waals surface area contributed by atoms with Crippen LogP contribution in [-0.2, 0) is 14.8 Å². The first-order valence-electron chi connectivity index (χ1n) is 8.71. The van der Waals surface area contributed by atoms with E-state index in [-0.39, 0.29) is 5.04 Å². The van der Waals surface area contributed by atoms with Crippen molar-refractivity contribution < 1.29 is 9.16 Å². The van der Waals surface area contributed by atoms with Crippen LogP contribution < -0.4 is 0 Å². The van der Waals surface area contributed by atoms with Gasteiger partial charge in [0.25, 0.3) is 0 Å². The summed E-state index contributed by atoms with van der Waals surface area (Å²) in [6.45, 7) is 19.5. The van der Waals surface area contributed by atoms with Crippen LogP contribution in [0.4, 0.5) is 0 Å². The van der Waals surface area contributed by atoms with E-state index in [1.54, 1.807) is 0 Å². The number of rotatable bonds is 6. The minimum atomic E-state index is -0.398.